The molecular weight excluding hydrogens is 348 g/mol. The topological polar surface area (TPSA) is 68.3 Å². The van der Waals surface area contributed by atoms with Crippen molar-refractivity contribution in [1.82, 2.24) is 24.4 Å². The number of anilines is 1. The fourth-order valence-corrected chi connectivity index (χ4v) is 4.82. The smallest absolute Gasteiger partial charge is 0.267 e. The summed E-state index contributed by atoms with van der Waals surface area (Å²) in [5, 5.41) is 9.35. The third-order valence-corrected chi connectivity index (χ3v) is 6.21. The van der Waals surface area contributed by atoms with Crippen molar-refractivity contribution in [3.05, 3.63) is 52.2 Å². The van der Waals surface area contributed by atoms with Gasteiger partial charge in [0.15, 0.2) is 5.65 Å². The number of thioether (sulfide) groups is 1. The van der Waals surface area contributed by atoms with Crippen LogP contribution in [0.4, 0.5) is 5.82 Å². The Labute approximate surface area is 155 Å². The van der Waals surface area contributed by atoms with E-state index < -0.39 is 0 Å². The van der Waals surface area contributed by atoms with Crippen LogP contribution in [0.15, 0.2) is 35.4 Å². The van der Waals surface area contributed by atoms with Crippen LogP contribution in [0.25, 0.3) is 5.65 Å². The van der Waals surface area contributed by atoms with Crippen molar-refractivity contribution in [2.24, 2.45) is 0 Å². The number of hydrogen-bond acceptors (Lipinski definition) is 6. The molecule has 1 saturated heterocycles. The van der Waals surface area contributed by atoms with Gasteiger partial charge in [-0.1, -0.05) is 0 Å². The van der Waals surface area contributed by atoms with Crippen LogP contribution in [-0.2, 0) is 18.7 Å². The summed E-state index contributed by atoms with van der Waals surface area (Å²) in [5.41, 5.74) is 3.05. The summed E-state index contributed by atoms with van der Waals surface area (Å²) in [6.07, 6.45) is 6.71. The highest BCUT2D eigenvalue weighted by Crippen LogP contribution is 2.25. The summed E-state index contributed by atoms with van der Waals surface area (Å²) in [6, 6.07) is 6.02. The van der Waals surface area contributed by atoms with Crippen molar-refractivity contribution in [2.45, 2.75) is 37.6 Å². The normalized spacial score (nSPS) is 19.8. The molecule has 0 bridgehead atoms. The molecule has 1 unspecified atom stereocenters. The minimum Gasteiger partial charge on any atom is -0.350 e. The lowest BCUT2D eigenvalue weighted by Crippen LogP contribution is -2.38. The van der Waals surface area contributed by atoms with Crippen LogP contribution in [0.3, 0.4) is 0 Å². The van der Waals surface area contributed by atoms with E-state index >= 15 is 0 Å². The van der Waals surface area contributed by atoms with Gasteiger partial charge in [0, 0.05) is 37.2 Å². The van der Waals surface area contributed by atoms with E-state index in [0.29, 0.717) is 6.54 Å². The van der Waals surface area contributed by atoms with Crippen LogP contribution in [0, 0.1) is 0 Å². The Morgan fingerprint density at radius 1 is 1.27 bits per heavy atom. The van der Waals surface area contributed by atoms with Gasteiger partial charge in [0.2, 0.25) is 0 Å². The van der Waals surface area contributed by atoms with Gasteiger partial charge in [-0.05, 0) is 36.3 Å². The van der Waals surface area contributed by atoms with Crippen LogP contribution in [0.2, 0.25) is 0 Å². The second kappa shape index (κ2) is 6.42. The average Bonchev–Trinajstić information content (AvgIpc) is 3.30. The van der Waals surface area contributed by atoms with E-state index in [9.17, 15) is 4.79 Å². The van der Waals surface area contributed by atoms with Gasteiger partial charge in [-0.25, -0.2) is 14.2 Å². The Morgan fingerprint density at radius 3 is 3.19 bits per heavy atom. The van der Waals surface area contributed by atoms with Gasteiger partial charge >= 0.3 is 0 Å². The van der Waals surface area contributed by atoms with Crippen LogP contribution >= 0.6 is 11.8 Å². The summed E-state index contributed by atoms with van der Waals surface area (Å²) in [7, 11) is 0. The predicted molar refractivity (Wildman–Crippen MR) is 102 cm³/mol. The van der Waals surface area contributed by atoms with E-state index in [0.717, 1.165) is 60.0 Å². The monoisotopic (exact) mass is 368 g/mol. The molecule has 26 heavy (non-hydrogen) atoms. The Balaban J connectivity index is 1.43. The second-order valence-corrected chi connectivity index (χ2v) is 7.96. The van der Waals surface area contributed by atoms with Gasteiger partial charge < -0.3 is 4.90 Å². The molecule has 0 aromatic carbocycles. The first-order chi connectivity index (χ1) is 12.8. The zero-order valence-corrected chi connectivity index (χ0v) is 15.2. The van der Waals surface area contributed by atoms with E-state index in [4.69, 9.17) is 0 Å². The Kier molecular flexibility index (Phi) is 3.92. The zero-order valence-electron chi connectivity index (χ0n) is 14.4. The summed E-state index contributed by atoms with van der Waals surface area (Å²) >= 11 is 1.87. The Morgan fingerprint density at radius 2 is 2.23 bits per heavy atom. The summed E-state index contributed by atoms with van der Waals surface area (Å²) in [4.78, 5) is 19.1. The van der Waals surface area contributed by atoms with Crippen molar-refractivity contribution >= 4 is 23.2 Å². The number of nitrogens with zero attached hydrogens (tertiary/aromatic N) is 6. The minimum atomic E-state index is 0.0103. The molecule has 5 heterocycles. The second-order valence-electron chi connectivity index (χ2n) is 6.85. The molecule has 2 aliphatic rings. The average molecular weight is 368 g/mol. The molecule has 0 aliphatic carbocycles. The number of hydrogen-bond donors (Lipinski definition) is 0. The van der Waals surface area contributed by atoms with E-state index in [-0.39, 0.29) is 11.6 Å². The number of aromatic nitrogens is 5. The first kappa shape index (κ1) is 15.9. The minimum absolute atomic E-state index is 0.0103. The maximum absolute atomic E-state index is 12.5. The molecule has 0 amide bonds. The molecule has 2 aliphatic heterocycles. The third kappa shape index (κ3) is 2.78. The summed E-state index contributed by atoms with van der Waals surface area (Å²) < 4.78 is 3.46. The maximum Gasteiger partial charge on any atom is 0.267 e. The van der Waals surface area contributed by atoms with E-state index in [1.165, 1.54) is 0 Å². The number of rotatable bonds is 3. The molecule has 5 rings (SSSR count). The number of aryl methyl sites for hydroxylation is 1. The molecule has 0 radical (unpaired) electrons. The van der Waals surface area contributed by atoms with Gasteiger partial charge in [0.25, 0.3) is 5.56 Å². The third-order valence-electron chi connectivity index (χ3n) is 5.20. The predicted octanol–water partition coefficient (Wildman–Crippen LogP) is 1.74. The van der Waals surface area contributed by atoms with Crippen molar-refractivity contribution in [3.63, 3.8) is 0 Å². The lowest BCUT2D eigenvalue weighted by Gasteiger charge is -2.26. The lowest BCUT2D eigenvalue weighted by atomic mass is 10.2. The molecule has 0 N–H and O–H groups in total. The van der Waals surface area contributed by atoms with Crippen LogP contribution in [0.5, 0.6) is 0 Å². The largest absolute Gasteiger partial charge is 0.350 e. The van der Waals surface area contributed by atoms with Crippen LogP contribution in [-0.4, -0.2) is 42.7 Å². The van der Waals surface area contributed by atoms with Gasteiger partial charge in [-0.2, -0.15) is 16.9 Å². The van der Waals surface area contributed by atoms with Gasteiger partial charge in [0.1, 0.15) is 5.82 Å². The van der Waals surface area contributed by atoms with E-state index in [1.54, 1.807) is 21.5 Å². The highest BCUT2D eigenvalue weighted by Gasteiger charge is 2.27. The molecule has 0 spiro atoms. The number of imidazole rings is 1. The molecule has 7 nitrogen and oxygen atoms in total. The van der Waals surface area contributed by atoms with Crippen LogP contribution in [0.1, 0.15) is 24.1 Å². The zero-order chi connectivity index (χ0) is 17.5. The molecule has 1 atom stereocenters. The molecular formula is C18H20N6OS. The molecule has 1 fully saturated rings. The van der Waals surface area contributed by atoms with Crippen molar-refractivity contribution < 1.29 is 0 Å². The molecule has 3 aromatic heterocycles. The fourth-order valence-electron chi connectivity index (χ4n) is 3.87. The highest BCUT2D eigenvalue weighted by molar-refractivity contribution is 7.98. The first-order valence-corrected chi connectivity index (χ1v) is 10.2. The first-order valence-electron chi connectivity index (χ1n) is 9.03. The van der Waals surface area contributed by atoms with Gasteiger partial charge in [0.05, 0.1) is 18.3 Å². The molecule has 8 heteroatoms. The van der Waals surface area contributed by atoms with E-state index in [1.807, 2.05) is 30.1 Å². The molecule has 134 valence electrons. The summed E-state index contributed by atoms with van der Waals surface area (Å²) in [6.45, 7) is 1.57. The quantitative estimate of drug-likeness (QED) is 0.702. The lowest BCUT2D eigenvalue weighted by molar-refractivity contribution is 0.479. The molecule has 0 saturated carbocycles. The standard InChI is InChI=1S/C18H20N6OS/c25-18-10-13-12-26-9-5-15(13)20-24(18)11-14-2-1-7-22(14)17-4-3-16-19-6-8-23(16)21-17/h3-4,6,8,10,14H,1-2,5,7,9,11-12H2. The Hall–Kier alpha value is -2.35. The molecule has 3 aromatic rings. The van der Waals surface area contributed by atoms with Crippen LogP contribution < -0.4 is 10.5 Å². The van der Waals surface area contributed by atoms with Crippen molar-refractivity contribution in [3.8, 4) is 0 Å². The fraction of sp³-hybridized carbons (Fsp3) is 0.444. The maximum atomic E-state index is 12.5. The van der Waals surface area contributed by atoms with Crippen molar-refractivity contribution in [1.29, 1.82) is 0 Å². The Bertz CT molecular complexity index is 1010. The SMILES string of the molecule is O=c1cc2c(nn1CC1CCCN1c1ccc3nccn3n1)CCSC2. The van der Waals surface area contributed by atoms with E-state index in [2.05, 4.69) is 20.1 Å². The number of fused-ring (bicyclic) bond motifs is 2. The van der Waals surface area contributed by atoms with Crippen molar-refractivity contribution in [2.75, 3.05) is 17.2 Å². The van der Waals surface area contributed by atoms with Gasteiger partial charge in [-0.3, -0.25) is 4.79 Å². The summed E-state index contributed by atoms with van der Waals surface area (Å²) in [5.74, 6) is 2.92. The van der Waals surface area contributed by atoms with Gasteiger partial charge in [-0.15, -0.1) is 5.10 Å². The highest BCUT2D eigenvalue weighted by atomic mass is 32.2.